The molecule has 0 radical (unpaired) electrons. The number of benzene rings is 2. The molecule has 2 nitrogen and oxygen atoms in total. The zero-order valence-electron chi connectivity index (χ0n) is 12.5. The van der Waals surface area contributed by atoms with Crippen molar-refractivity contribution in [2.24, 2.45) is 11.3 Å². The lowest BCUT2D eigenvalue weighted by Crippen LogP contribution is -2.26. The Kier molecular flexibility index (Phi) is 2.27. The Morgan fingerprint density at radius 3 is 2.45 bits per heavy atom. The zero-order chi connectivity index (χ0) is 14.9. The third-order valence-corrected chi connectivity index (χ3v) is 6.29. The zero-order valence-corrected chi connectivity index (χ0v) is 12.5. The summed E-state index contributed by atoms with van der Waals surface area (Å²) in [6.45, 7) is 0. The standard InChI is InChI=1S/C20H18O2/c1-22-19(21)20-16(12-7-3-2-4-8-12)11-15-13-9-5-6-10-14(13)17(20)18(15)20/h2-10,15-18H,11H2,1H3/t15?,16-,17?,18?,20-/m1/s1. The van der Waals surface area contributed by atoms with Crippen LogP contribution in [0.15, 0.2) is 54.6 Å². The monoisotopic (exact) mass is 290 g/mol. The Labute approximate surface area is 130 Å². The van der Waals surface area contributed by atoms with Gasteiger partial charge in [-0.1, -0.05) is 54.6 Å². The van der Waals surface area contributed by atoms with Gasteiger partial charge in [0.1, 0.15) is 0 Å². The van der Waals surface area contributed by atoms with Gasteiger partial charge in [0.25, 0.3) is 0 Å². The van der Waals surface area contributed by atoms with Crippen molar-refractivity contribution >= 4 is 5.97 Å². The van der Waals surface area contributed by atoms with Gasteiger partial charge in [0, 0.05) is 11.8 Å². The smallest absolute Gasteiger partial charge is 0.313 e. The molecule has 2 aromatic carbocycles. The van der Waals surface area contributed by atoms with Gasteiger partial charge in [0.2, 0.25) is 0 Å². The Bertz CT molecular complexity index is 766. The molecule has 2 heteroatoms. The van der Waals surface area contributed by atoms with Crippen molar-refractivity contribution < 1.29 is 9.53 Å². The lowest BCUT2D eigenvalue weighted by Gasteiger charge is -2.23. The summed E-state index contributed by atoms with van der Waals surface area (Å²) in [5.74, 6) is 1.61. The predicted molar refractivity (Wildman–Crippen MR) is 83.7 cm³/mol. The summed E-state index contributed by atoms with van der Waals surface area (Å²) in [4.78, 5) is 12.7. The van der Waals surface area contributed by atoms with Crippen LogP contribution in [0.1, 0.15) is 40.9 Å². The van der Waals surface area contributed by atoms with E-state index in [9.17, 15) is 4.79 Å². The molecule has 0 N–H and O–H groups in total. The molecule has 0 saturated heterocycles. The van der Waals surface area contributed by atoms with Gasteiger partial charge in [-0.2, -0.15) is 0 Å². The quantitative estimate of drug-likeness (QED) is 0.785. The van der Waals surface area contributed by atoms with Crippen molar-refractivity contribution in [2.45, 2.75) is 24.2 Å². The summed E-state index contributed by atoms with van der Waals surface area (Å²) in [6.07, 6.45) is 1.07. The average Bonchev–Trinajstić information content (AvgIpc) is 3.03. The number of hydrogen-bond acceptors (Lipinski definition) is 2. The van der Waals surface area contributed by atoms with Gasteiger partial charge >= 0.3 is 5.97 Å². The van der Waals surface area contributed by atoms with E-state index >= 15 is 0 Å². The highest BCUT2D eigenvalue weighted by Gasteiger charge is 2.82. The summed E-state index contributed by atoms with van der Waals surface area (Å²) >= 11 is 0. The van der Waals surface area contributed by atoms with Crippen LogP contribution in [0.4, 0.5) is 0 Å². The van der Waals surface area contributed by atoms with E-state index in [1.165, 1.54) is 23.8 Å². The Morgan fingerprint density at radius 1 is 1.05 bits per heavy atom. The first-order chi connectivity index (χ1) is 10.8. The minimum atomic E-state index is -0.310. The fourth-order valence-electron chi connectivity index (χ4n) is 5.63. The summed E-state index contributed by atoms with van der Waals surface area (Å²) in [5.41, 5.74) is 3.84. The molecule has 0 aliphatic heterocycles. The third kappa shape index (κ3) is 1.22. The minimum Gasteiger partial charge on any atom is -0.469 e. The van der Waals surface area contributed by atoms with Crippen molar-refractivity contribution in [3.8, 4) is 0 Å². The van der Waals surface area contributed by atoms with Crippen molar-refractivity contribution in [3.63, 3.8) is 0 Å². The van der Waals surface area contributed by atoms with Crippen LogP contribution >= 0.6 is 0 Å². The normalized spacial score (nSPS) is 36.6. The topological polar surface area (TPSA) is 26.3 Å². The fourth-order valence-corrected chi connectivity index (χ4v) is 5.63. The number of ether oxygens (including phenoxy) is 1. The molecule has 110 valence electrons. The van der Waals surface area contributed by atoms with Gasteiger partial charge in [-0.25, -0.2) is 0 Å². The summed E-state index contributed by atoms with van der Waals surface area (Å²) in [6, 6.07) is 19.2. The second-order valence-corrected chi connectivity index (χ2v) is 6.86. The van der Waals surface area contributed by atoms with Gasteiger partial charge in [-0.05, 0) is 34.9 Å². The second-order valence-electron chi connectivity index (χ2n) is 6.86. The lowest BCUT2D eigenvalue weighted by molar-refractivity contribution is -0.148. The second kappa shape index (κ2) is 4.01. The number of methoxy groups -OCH3 is 1. The van der Waals surface area contributed by atoms with E-state index in [1.807, 2.05) is 6.07 Å². The Balaban J connectivity index is 1.68. The molecule has 0 heterocycles. The van der Waals surface area contributed by atoms with Crippen LogP contribution in [0.2, 0.25) is 0 Å². The third-order valence-electron chi connectivity index (χ3n) is 6.29. The minimum absolute atomic E-state index is 0.00615. The molecular weight excluding hydrogens is 272 g/mol. The van der Waals surface area contributed by atoms with E-state index in [-0.39, 0.29) is 17.3 Å². The van der Waals surface area contributed by atoms with Crippen LogP contribution in [0, 0.1) is 11.3 Å². The number of hydrogen-bond donors (Lipinski definition) is 0. The number of carbonyl (C=O) groups excluding carboxylic acids is 1. The van der Waals surface area contributed by atoms with Crippen molar-refractivity contribution in [1.29, 1.82) is 0 Å². The van der Waals surface area contributed by atoms with E-state index in [0.29, 0.717) is 17.8 Å². The molecule has 2 saturated carbocycles. The van der Waals surface area contributed by atoms with Crippen LogP contribution < -0.4 is 0 Å². The average molecular weight is 290 g/mol. The summed E-state index contributed by atoms with van der Waals surface area (Å²) < 4.78 is 5.26. The largest absolute Gasteiger partial charge is 0.469 e. The van der Waals surface area contributed by atoms with Crippen LogP contribution in [0.3, 0.4) is 0 Å². The van der Waals surface area contributed by atoms with Gasteiger partial charge in [-0.3, -0.25) is 4.79 Å². The molecule has 0 aromatic heterocycles. The fraction of sp³-hybridized carbons (Fsp3) is 0.350. The molecule has 5 atom stereocenters. The van der Waals surface area contributed by atoms with Crippen molar-refractivity contribution in [3.05, 3.63) is 71.3 Å². The molecule has 3 aliphatic carbocycles. The van der Waals surface area contributed by atoms with Gasteiger partial charge in [-0.15, -0.1) is 0 Å². The maximum absolute atomic E-state index is 12.7. The van der Waals surface area contributed by atoms with Crippen molar-refractivity contribution in [2.75, 3.05) is 7.11 Å². The predicted octanol–water partition coefficient (Wildman–Crippen LogP) is 3.84. The maximum atomic E-state index is 12.7. The molecule has 2 aromatic rings. The van der Waals surface area contributed by atoms with Gasteiger partial charge in [0.05, 0.1) is 12.5 Å². The SMILES string of the molecule is COC(=O)[C@@]12C3c4ccccc4C(C[C@@H]1c1ccccc1)C32. The molecule has 5 rings (SSSR count). The molecule has 22 heavy (non-hydrogen) atoms. The maximum Gasteiger partial charge on any atom is 0.313 e. The first-order valence-corrected chi connectivity index (χ1v) is 8.02. The van der Waals surface area contributed by atoms with Gasteiger partial charge in [0.15, 0.2) is 0 Å². The number of esters is 1. The van der Waals surface area contributed by atoms with Crippen LogP contribution in [-0.4, -0.2) is 13.1 Å². The molecule has 3 unspecified atom stereocenters. The summed E-state index contributed by atoms with van der Waals surface area (Å²) in [7, 11) is 1.53. The number of rotatable bonds is 2. The van der Waals surface area contributed by atoms with Crippen LogP contribution in [0.25, 0.3) is 0 Å². The first kappa shape index (κ1) is 12.5. The molecular formula is C20H18O2. The van der Waals surface area contributed by atoms with E-state index in [2.05, 4.69) is 48.5 Å². The summed E-state index contributed by atoms with van der Waals surface area (Å²) in [5, 5.41) is 0. The lowest BCUT2D eigenvalue weighted by atomic mass is 9.81. The highest BCUT2D eigenvalue weighted by atomic mass is 16.5. The molecule has 0 amide bonds. The highest BCUT2D eigenvalue weighted by Crippen LogP contribution is 2.85. The number of carbonyl (C=O) groups is 1. The van der Waals surface area contributed by atoms with E-state index < -0.39 is 0 Å². The van der Waals surface area contributed by atoms with Crippen molar-refractivity contribution in [1.82, 2.24) is 0 Å². The molecule has 0 bridgehead atoms. The highest BCUT2D eigenvalue weighted by molar-refractivity contribution is 5.88. The van der Waals surface area contributed by atoms with E-state index in [4.69, 9.17) is 4.74 Å². The Morgan fingerprint density at radius 2 is 1.73 bits per heavy atom. The molecule has 0 spiro atoms. The van der Waals surface area contributed by atoms with Crippen LogP contribution in [0.5, 0.6) is 0 Å². The van der Waals surface area contributed by atoms with E-state index in [0.717, 1.165) is 6.42 Å². The van der Waals surface area contributed by atoms with E-state index in [1.54, 1.807) is 0 Å². The first-order valence-electron chi connectivity index (χ1n) is 8.02. The van der Waals surface area contributed by atoms with Gasteiger partial charge < -0.3 is 4.74 Å². The van der Waals surface area contributed by atoms with Crippen LogP contribution in [-0.2, 0) is 9.53 Å². The number of fused-ring (bicyclic) bond motifs is 4. The molecule has 2 fully saturated rings. The Hall–Kier alpha value is -2.09. The molecule has 3 aliphatic rings.